The van der Waals surface area contributed by atoms with E-state index in [0.29, 0.717) is 25.3 Å². The number of carbonyl (C=O) groups excluding carboxylic acids is 1. The fraction of sp³-hybridized carbons (Fsp3) is 0.312. The molecule has 0 radical (unpaired) electrons. The molecule has 110 valence electrons. The summed E-state index contributed by atoms with van der Waals surface area (Å²) in [6, 6.07) is 11.7. The van der Waals surface area contributed by atoms with E-state index >= 15 is 0 Å². The Morgan fingerprint density at radius 3 is 2.86 bits per heavy atom. The molecule has 0 aromatic heterocycles. The maximum atomic E-state index is 12.6. The number of rotatable bonds is 2. The lowest BCUT2D eigenvalue weighted by Crippen LogP contribution is -2.46. The fourth-order valence-corrected chi connectivity index (χ4v) is 2.93. The van der Waals surface area contributed by atoms with Crippen LogP contribution in [0.3, 0.4) is 0 Å². The van der Waals surface area contributed by atoms with Crippen LogP contribution in [0, 0.1) is 0 Å². The number of fused-ring (bicyclic) bond motifs is 1. The maximum Gasteiger partial charge on any atom is 0.254 e. The van der Waals surface area contributed by atoms with Crippen molar-refractivity contribution in [2.24, 2.45) is 0 Å². The van der Waals surface area contributed by atoms with Crippen LogP contribution in [0.5, 0.6) is 0 Å². The molecule has 0 aliphatic carbocycles. The third-order valence-electron chi connectivity index (χ3n) is 3.68. The minimum absolute atomic E-state index is 0.0124. The topological polar surface area (TPSA) is 49.8 Å². The van der Waals surface area contributed by atoms with Crippen molar-refractivity contribution in [1.29, 1.82) is 0 Å². The molecule has 0 bridgehead atoms. The third kappa shape index (κ3) is 3.10. The van der Waals surface area contributed by atoms with Crippen LogP contribution in [0.4, 0.5) is 0 Å². The van der Waals surface area contributed by atoms with E-state index in [1.165, 1.54) is 0 Å². The molecule has 1 heterocycles. The van der Waals surface area contributed by atoms with Crippen LogP contribution in [-0.2, 0) is 4.74 Å². The van der Waals surface area contributed by atoms with Gasteiger partial charge in [0.2, 0.25) is 0 Å². The Balaban J connectivity index is 1.85. The molecule has 1 atom stereocenters. The molecule has 1 unspecified atom stereocenters. The molecular formula is C16H16BrNO3. The van der Waals surface area contributed by atoms with E-state index in [-0.39, 0.29) is 18.6 Å². The van der Waals surface area contributed by atoms with Gasteiger partial charge in [-0.05, 0) is 35.0 Å². The molecule has 1 fully saturated rings. The molecule has 0 spiro atoms. The van der Waals surface area contributed by atoms with Crippen molar-refractivity contribution in [3.8, 4) is 0 Å². The lowest BCUT2D eigenvalue weighted by atomic mass is 10.1. The monoisotopic (exact) mass is 349 g/mol. The summed E-state index contributed by atoms with van der Waals surface area (Å²) in [5, 5.41) is 11.3. The van der Waals surface area contributed by atoms with Crippen molar-refractivity contribution in [3.05, 3.63) is 46.4 Å². The zero-order chi connectivity index (χ0) is 14.8. The van der Waals surface area contributed by atoms with Crippen LogP contribution in [0.2, 0.25) is 0 Å². The summed E-state index contributed by atoms with van der Waals surface area (Å²) in [6.45, 7) is 1.41. The van der Waals surface area contributed by atoms with Gasteiger partial charge in [-0.3, -0.25) is 4.79 Å². The molecule has 1 amide bonds. The van der Waals surface area contributed by atoms with E-state index in [9.17, 15) is 4.79 Å². The van der Waals surface area contributed by atoms with Crippen LogP contribution in [-0.4, -0.2) is 48.3 Å². The van der Waals surface area contributed by atoms with Crippen molar-refractivity contribution in [1.82, 2.24) is 4.90 Å². The van der Waals surface area contributed by atoms with Crippen LogP contribution in [0.15, 0.2) is 40.9 Å². The third-order valence-corrected chi connectivity index (χ3v) is 4.17. The first-order chi connectivity index (χ1) is 10.2. The number of benzene rings is 2. The molecule has 5 heteroatoms. The van der Waals surface area contributed by atoms with E-state index in [0.717, 1.165) is 15.2 Å². The lowest BCUT2D eigenvalue weighted by Gasteiger charge is -2.32. The average Bonchev–Trinajstić information content (AvgIpc) is 2.53. The number of aliphatic hydroxyl groups is 1. The molecule has 21 heavy (non-hydrogen) atoms. The Kier molecular flexibility index (Phi) is 4.24. The molecule has 3 rings (SSSR count). The van der Waals surface area contributed by atoms with Gasteiger partial charge in [-0.25, -0.2) is 0 Å². The smallest absolute Gasteiger partial charge is 0.254 e. The highest BCUT2D eigenvalue weighted by Crippen LogP contribution is 2.22. The minimum Gasteiger partial charge on any atom is -0.394 e. The number of amides is 1. The first-order valence-electron chi connectivity index (χ1n) is 6.88. The Hall–Kier alpha value is -1.43. The molecule has 1 aliphatic heterocycles. The highest BCUT2D eigenvalue weighted by atomic mass is 79.9. The van der Waals surface area contributed by atoms with Gasteiger partial charge in [0, 0.05) is 23.1 Å². The molecule has 2 aromatic rings. The van der Waals surface area contributed by atoms with Gasteiger partial charge in [-0.2, -0.15) is 0 Å². The van der Waals surface area contributed by atoms with E-state index in [4.69, 9.17) is 9.84 Å². The Labute approximate surface area is 131 Å². The number of halogens is 1. The zero-order valence-corrected chi connectivity index (χ0v) is 13.0. The molecular weight excluding hydrogens is 334 g/mol. The summed E-state index contributed by atoms with van der Waals surface area (Å²) < 4.78 is 6.40. The Bertz CT molecular complexity index is 674. The summed E-state index contributed by atoms with van der Waals surface area (Å²) in [4.78, 5) is 14.3. The van der Waals surface area contributed by atoms with E-state index in [1.54, 1.807) is 4.90 Å². The van der Waals surface area contributed by atoms with Gasteiger partial charge >= 0.3 is 0 Å². The normalized spacial score (nSPS) is 19.0. The highest BCUT2D eigenvalue weighted by molar-refractivity contribution is 9.10. The zero-order valence-electron chi connectivity index (χ0n) is 11.5. The minimum atomic E-state index is -0.279. The van der Waals surface area contributed by atoms with Crippen LogP contribution >= 0.6 is 15.9 Å². The van der Waals surface area contributed by atoms with Crippen LogP contribution in [0.1, 0.15) is 10.4 Å². The van der Waals surface area contributed by atoms with Gasteiger partial charge in [0.05, 0.1) is 19.3 Å². The van der Waals surface area contributed by atoms with Gasteiger partial charge in [0.15, 0.2) is 0 Å². The first kappa shape index (κ1) is 14.5. The van der Waals surface area contributed by atoms with Gasteiger partial charge < -0.3 is 14.7 Å². The summed E-state index contributed by atoms with van der Waals surface area (Å²) in [5.41, 5.74) is 0.670. The second-order valence-corrected chi connectivity index (χ2v) is 6.05. The standard InChI is InChI=1S/C16H16BrNO3/c17-14-4-3-11-7-13(2-1-12(11)8-14)16(20)18-5-6-21-15(9-18)10-19/h1-4,7-8,15,19H,5-6,9-10H2. The number of hydrogen-bond acceptors (Lipinski definition) is 3. The van der Waals surface area contributed by atoms with Crippen LogP contribution in [0.25, 0.3) is 10.8 Å². The van der Waals surface area contributed by atoms with Crippen molar-refractivity contribution in [2.45, 2.75) is 6.10 Å². The van der Waals surface area contributed by atoms with E-state index in [2.05, 4.69) is 15.9 Å². The second kappa shape index (κ2) is 6.13. The Morgan fingerprint density at radius 2 is 2.05 bits per heavy atom. The Morgan fingerprint density at radius 1 is 1.29 bits per heavy atom. The van der Waals surface area contributed by atoms with Crippen LogP contribution < -0.4 is 0 Å². The number of ether oxygens (including phenoxy) is 1. The lowest BCUT2D eigenvalue weighted by molar-refractivity contribution is -0.0447. The summed E-state index contributed by atoms with van der Waals surface area (Å²) in [5.74, 6) is -0.0124. The van der Waals surface area contributed by atoms with Crippen molar-refractivity contribution in [3.63, 3.8) is 0 Å². The average molecular weight is 350 g/mol. The van der Waals surface area contributed by atoms with Crippen molar-refractivity contribution < 1.29 is 14.6 Å². The predicted molar refractivity (Wildman–Crippen MR) is 84.4 cm³/mol. The van der Waals surface area contributed by atoms with Crippen molar-refractivity contribution >= 4 is 32.6 Å². The highest BCUT2D eigenvalue weighted by Gasteiger charge is 2.24. The second-order valence-electron chi connectivity index (χ2n) is 5.13. The number of morpholine rings is 1. The first-order valence-corrected chi connectivity index (χ1v) is 7.68. The quantitative estimate of drug-likeness (QED) is 0.905. The molecule has 1 saturated heterocycles. The van der Waals surface area contributed by atoms with Gasteiger partial charge in [-0.15, -0.1) is 0 Å². The summed E-state index contributed by atoms with van der Waals surface area (Å²) in [7, 11) is 0. The molecule has 0 saturated carbocycles. The number of hydrogen-bond donors (Lipinski definition) is 1. The van der Waals surface area contributed by atoms with E-state index in [1.807, 2.05) is 36.4 Å². The van der Waals surface area contributed by atoms with Gasteiger partial charge in [0.25, 0.3) is 5.91 Å². The van der Waals surface area contributed by atoms with Gasteiger partial charge in [-0.1, -0.05) is 28.1 Å². The molecule has 4 nitrogen and oxygen atoms in total. The number of nitrogens with zero attached hydrogens (tertiary/aromatic N) is 1. The fourth-order valence-electron chi connectivity index (χ4n) is 2.55. The van der Waals surface area contributed by atoms with Gasteiger partial charge in [0.1, 0.15) is 0 Å². The number of aliphatic hydroxyl groups excluding tert-OH is 1. The molecule has 2 aromatic carbocycles. The summed E-state index contributed by atoms with van der Waals surface area (Å²) >= 11 is 3.44. The molecule has 1 aliphatic rings. The summed E-state index contributed by atoms with van der Waals surface area (Å²) in [6.07, 6.45) is -0.279. The SMILES string of the molecule is O=C(c1ccc2cc(Br)ccc2c1)N1CCOC(CO)C1. The van der Waals surface area contributed by atoms with Crippen molar-refractivity contribution in [2.75, 3.05) is 26.3 Å². The largest absolute Gasteiger partial charge is 0.394 e. The number of carbonyl (C=O) groups is 1. The maximum absolute atomic E-state index is 12.6. The molecule has 1 N–H and O–H groups in total. The predicted octanol–water partition coefficient (Wildman–Crippen LogP) is 2.44. The van der Waals surface area contributed by atoms with E-state index < -0.39 is 0 Å².